The molecule has 78 valence electrons. The summed E-state index contributed by atoms with van der Waals surface area (Å²) in [7, 11) is 0. The Morgan fingerprint density at radius 2 is 2.20 bits per heavy atom. The number of benzene rings is 1. The predicted octanol–water partition coefficient (Wildman–Crippen LogP) is 4.03. The van der Waals surface area contributed by atoms with Gasteiger partial charge in [0.05, 0.1) is 23.6 Å². The second kappa shape index (κ2) is 4.56. The second-order valence-electron chi connectivity index (χ2n) is 3.00. The van der Waals surface area contributed by atoms with Crippen LogP contribution >= 0.6 is 39.1 Å². The van der Waals surface area contributed by atoms with E-state index in [0.29, 0.717) is 10.9 Å². The van der Waals surface area contributed by atoms with Crippen molar-refractivity contribution in [3.8, 4) is 5.69 Å². The molecule has 1 aromatic heterocycles. The van der Waals surface area contributed by atoms with Crippen molar-refractivity contribution < 1.29 is 0 Å². The number of hydrogen-bond donors (Lipinski definition) is 0. The summed E-state index contributed by atoms with van der Waals surface area (Å²) in [6.45, 7) is 0. The van der Waals surface area contributed by atoms with Crippen LogP contribution in [-0.2, 0) is 5.88 Å². The Kier molecular flexibility index (Phi) is 3.34. The molecule has 1 heterocycles. The van der Waals surface area contributed by atoms with Gasteiger partial charge in [-0.25, -0.2) is 4.98 Å². The van der Waals surface area contributed by atoms with Crippen molar-refractivity contribution in [1.29, 1.82) is 0 Å². The normalized spacial score (nSPS) is 10.6. The number of nitrogens with zero attached hydrogens (tertiary/aromatic N) is 2. The number of alkyl halides is 1. The van der Waals surface area contributed by atoms with E-state index in [2.05, 4.69) is 20.9 Å². The quantitative estimate of drug-likeness (QED) is 0.766. The van der Waals surface area contributed by atoms with Crippen molar-refractivity contribution in [2.75, 3.05) is 0 Å². The summed E-state index contributed by atoms with van der Waals surface area (Å²) in [6.07, 6.45) is 3.62. The summed E-state index contributed by atoms with van der Waals surface area (Å²) < 4.78 is 2.83. The molecule has 5 heteroatoms. The largest absolute Gasteiger partial charge is 0.305 e. The molecule has 1 aromatic carbocycles. The zero-order chi connectivity index (χ0) is 10.8. The van der Waals surface area contributed by atoms with Crippen molar-refractivity contribution in [3.63, 3.8) is 0 Å². The Bertz CT molecular complexity index is 482. The molecule has 0 aliphatic carbocycles. The average Bonchev–Trinajstić information content (AvgIpc) is 2.66. The van der Waals surface area contributed by atoms with E-state index in [9.17, 15) is 0 Å². The molecule has 0 saturated heterocycles. The minimum absolute atomic E-state index is 0.415. The van der Waals surface area contributed by atoms with E-state index >= 15 is 0 Å². The molecule has 0 fully saturated rings. The van der Waals surface area contributed by atoms with Gasteiger partial charge in [0.15, 0.2) is 0 Å². The van der Waals surface area contributed by atoms with Crippen LogP contribution in [0.4, 0.5) is 0 Å². The van der Waals surface area contributed by atoms with Gasteiger partial charge in [0.2, 0.25) is 0 Å². The first-order chi connectivity index (χ1) is 7.20. The molecule has 0 amide bonds. The molecule has 2 aromatic rings. The van der Waals surface area contributed by atoms with Gasteiger partial charge < -0.3 is 4.57 Å². The maximum atomic E-state index is 5.86. The van der Waals surface area contributed by atoms with Crippen LogP contribution in [0.1, 0.15) is 5.69 Å². The Balaban J connectivity index is 2.44. The third kappa shape index (κ3) is 2.36. The van der Waals surface area contributed by atoms with Crippen LogP contribution in [0, 0.1) is 0 Å². The molecule has 0 bridgehead atoms. The van der Waals surface area contributed by atoms with Crippen molar-refractivity contribution in [1.82, 2.24) is 9.55 Å². The van der Waals surface area contributed by atoms with E-state index < -0.39 is 0 Å². The number of hydrogen-bond acceptors (Lipinski definition) is 1. The van der Waals surface area contributed by atoms with Gasteiger partial charge in [0.1, 0.15) is 0 Å². The fourth-order valence-corrected chi connectivity index (χ4v) is 2.28. The van der Waals surface area contributed by atoms with E-state index in [4.69, 9.17) is 23.2 Å². The summed E-state index contributed by atoms with van der Waals surface area (Å²) in [4.78, 5) is 4.15. The molecule has 0 unspecified atom stereocenters. The lowest BCUT2D eigenvalue weighted by Crippen LogP contribution is -1.90. The maximum absolute atomic E-state index is 5.86. The second-order valence-corrected chi connectivity index (χ2v) is 4.56. The van der Waals surface area contributed by atoms with Crippen molar-refractivity contribution >= 4 is 39.1 Å². The SMILES string of the molecule is ClCc1cn(-c2ccc(Cl)cc2Br)cn1. The third-order valence-electron chi connectivity index (χ3n) is 1.96. The van der Waals surface area contributed by atoms with Crippen LogP contribution < -0.4 is 0 Å². The molecule has 0 saturated carbocycles. The van der Waals surface area contributed by atoms with Crippen molar-refractivity contribution in [3.05, 3.63) is 45.9 Å². The number of halogens is 3. The standard InChI is InChI=1S/C10H7BrCl2N2/c11-9-3-7(13)1-2-10(9)15-5-8(4-12)14-6-15/h1-3,5-6H,4H2. The highest BCUT2D eigenvalue weighted by Gasteiger charge is 2.04. The fourth-order valence-electron chi connectivity index (χ4n) is 1.25. The number of imidazole rings is 1. The number of rotatable bonds is 2. The van der Waals surface area contributed by atoms with Crippen LogP contribution in [0.2, 0.25) is 5.02 Å². The fraction of sp³-hybridized carbons (Fsp3) is 0.100. The summed E-state index contributed by atoms with van der Waals surface area (Å²) in [5.74, 6) is 0.415. The van der Waals surface area contributed by atoms with Gasteiger partial charge in [-0.05, 0) is 34.1 Å². The first kappa shape index (κ1) is 11.0. The zero-order valence-electron chi connectivity index (χ0n) is 7.62. The predicted molar refractivity (Wildman–Crippen MR) is 65.8 cm³/mol. The van der Waals surface area contributed by atoms with Crippen LogP contribution in [0.3, 0.4) is 0 Å². The van der Waals surface area contributed by atoms with Gasteiger partial charge in [-0.1, -0.05) is 11.6 Å². The van der Waals surface area contributed by atoms with Crippen LogP contribution in [-0.4, -0.2) is 9.55 Å². The molecule has 0 N–H and O–H groups in total. The Morgan fingerprint density at radius 3 is 2.80 bits per heavy atom. The van der Waals surface area contributed by atoms with Crippen LogP contribution in [0.5, 0.6) is 0 Å². The summed E-state index contributed by atoms with van der Waals surface area (Å²) in [6, 6.07) is 5.60. The molecule has 0 aliphatic rings. The first-order valence-corrected chi connectivity index (χ1v) is 5.95. The number of aromatic nitrogens is 2. The van der Waals surface area contributed by atoms with E-state index in [0.717, 1.165) is 15.9 Å². The van der Waals surface area contributed by atoms with E-state index in [-0.39, 0.29) is 0 Å². The maximum Gasteiger partial charge on any atom is 0.0996 e. The summed E-state index contributed by atoms with van der Waals surface area (Å²) in [5, 5.41) is 0.698. The zero-order valence-corrected chi connectivity index (χ0v) is 10.7. The topological polar surface area (TPSA) is 17.8 Å². The molecule has 2 nitrogen and oxygen atoms in total. The van der Waals surface area contributed by atoms with Crippen LogP contribution in [0.15, 0.2) is 35.2 Å². The summed E-state index contributed by atoms with van der Waals surface area (Å²) in [5.41, 5.74) is 1.83. The third-order valence-corrected chi connectivity index (χ3v) is 3.10. The van der Waals surface area contributed by atoms with Gasteiger partial charge in [-0.2, -0.15) is 0 Å². The lowest BCUT2D eigenvalue weighted by Gasteiger charge is -2.04. The minimum atomic E-state index is 0.415. The van der Waals surface area contributed by atoms with E-state index in [1.165, 1.54) is 0 Å². The van der Waals surface area contributed by atoms with Crippen molar-refractivity contribution in [2.24, 2.45) is 0 Å². The highest BCUT2D eigenvalue weighted by molar-refractivity contribution is 9.10. The minimum Gasteiger partial charge on any atom is -0.305 e. The van der Waals surface area contributed by atoms with E-state index in [1.807, 2.05) is 29.0 Å². The first-order valence-electron chi connectivity index (χ1n) is 4.25. The smallest absolute Gasteiger partial charge is 0.0996 e. The Hall–Kier alpha value is -0.510. The molecule has 0 aliphatic heterocycles. The Labute approximate surface area is 106 Å². The molecular formula is C10H7BrCl2N2. The highest BCUT2D eigenvalue weighted by atomic mass is 79.9. The van der Waals surface area contributed by atoms with Gasteiger partial charge in [0.25, 0.3) is 0 Å². The molecule has 0 atom stereocenters. The van der Waals surface area contributed by atoms with Crippen molar-refractivity contribution in [2.45, 2.75) is 5.88 Å². The van der Waals surface area contributed by atoms with Gasteiger partial charge in [-0.15, -0.1) is 11.6 Å². The highest BCUT2D eigenvalue weighted by Crippen LogP contribution is 2.24. The van der Waals surface area contributed by atoms with Gasteiger partial charge in [0, 0.05) is 15.7 Å². The van der Waals surface area contributed by atoms with E-state index in [1.54, 1.807) is 6.33 Å². The van der Waals surface area contributed by atoms with Gasteiger partial charge >= 0.3 is 0 Å². The van der Waals surface area contributed by atoms with Crippen LogP contribution in [0.25, 0.3) is 5.69 Å². The lowest BCUT2D eigenvalue weighted by molar-refractivity contribution is 1.05. The molecule has 0 spiro atoms. The lowest BCUT2D eigenvalue weighted by atomic mass is 10.3. The average molecular weight is 306 g/mol. The van der Waals surface area contributed by atoms with Gasteiger partial charge in [-0.3, -0.25) is 0 Å². The Morgan fingerprint density at radius 1 is 1.40 bits per heavy atom. The monoisotopic (exact) mass is 304 g/mol. The molecule has 2 rings (SSSR count). The molecular weight excluding hydrogens is 299 g/mol. The summed E-state index contributed by atoms with van der Waals surface area (Å²) >= 11 is 15.0. The molecule has 0 radical (unpaired) electrons. The molecule has 15 heavy (non-hydrogen) atoms.